The van der Waals surface area contributed by atoms with E-state index in [9.17, 15) is 4.79 Å². The van der Waals surface area contributed by atoms with Gasteiger partial charge < -0.3 is 30.7 Å². The first-order valence-corrected chi connectivity index (χ1v) is 12.4. The number of nitrogen functional groups attached to an aromatic ring is 1. The lowest BCUT2D eigenvalue weighted by Crippen LogP contribution is -2.29. The molecule has 232 valence electrons. The number of likely N-dealkylation sites (N-methyl/N-ethyl adjacent to an activating group) is 2. The second-order valence-electron chi connectivity index (χ2n) is 9.60. The van der Waals surface area contributed by atoms with Crippen LogP contribution in [0.2, 0.25) is 0 Å². The molecule has 0 radical (unpaired) electrons. The molecule has 0 atom stereocenters. The van der Waals surface area contributed by atoms with E-state index < -0.39 is 0 Å². The standard InChI is InChI=1S/C28H36N8O.19H2/c1-7-26(37)31-23-16-30-28(33-27(23)20-17-36(6)24-11-9-8-10-19(20)24)32-22-15-21(29)25(14-18(22)2)35(5)13-12-34(3)4;;;;;;;;;;;;;;;;;;;/h8-11,14-17H,7,12-13,29H2,1-6H3,(H,31,37)(H,30,32,33);19*1H/i;18*1+2T;1+2. The summed E-state index contributed by atoms with van der Waals surface area (Å²) in [6, 6.07) is 12.1. The molecule has 4 rings (SSSR count). The number of fused-ring (bicyclic) bond motifs is 1. The van der Waals surface area contributed by atoms with Crippen molar-refractivity contribution in [3.8, 4) is 11.3 Å². The zero-order valence-corrected chi connectivity index (χ0v) is 22.5. The molecule has 0 bridgehead atoms. The molecule has 0 aliphatic heterocycles. The first-order valence-electron chi connectivity index (χ1n) is 30.4. The van der Waals surface area contributed by atoms with Gasteiger partial charge in [-0.05, 0) is 44.8 Å². The quantitative estimate of drug-likeness (QED) is 0.162. The summed E-state index contributed by atoms with van der Waals surface area (Å²) in [5.41, 5.74) is 13.2. The minimum atomic E-state index is -0.0941. The maximum Gasteiger partial charge on any atom is 0.227 e. The fourth-order valence-corrected chi connectivity index (χ4v) is 4.27. The molecule has 0 saturated carbocycles. The number of aromatic nitrogens is 3. The lowest BCUT2D eigenvalue weighted by Gasteiger charge is -2.24. The predicted octanol–water partition coefficient (Wildman–Crippen LogP) is 9.29. The van der Waals surface area contributed by atoms with Crippen LogP contribution in [0.3, 0.4) is 0 Å². The van der Waals surface area contributed by atoms with Gasteiger partial charge >= 0.3 is 0 Å². The van der Waals surface area contributed by atoms with Crippen LogP contribution in [0.25, 0.3) is 22.2 Å². The lowest BCUT2D eigenvalue weighted by atomic mass is 10.1. The SMILES string of the molecule is CCC(=O)Nc1cnc(Nc2cc(N)c(N(C)CCN(C)C)cc2C)nc1-c1cn(C)c2ccccc12.[3HH].[3H][3H].[3H][3H].[3H][3H].[3H][3H].[3H][3H].[3H][3H].[3H][3H].[3H][3H].[3H][3H].[3H][3H].[3H][3H].[3H][3H].[3H][3H].[3H][3H].[3H][3H].[3H][3H].[3H][3H].[3H][3H]. The van der Waals surface area contributed by atoms with Crippen LogP contribution in [0.4, 0.5) is 28.7 Å². The number of anilines is 5. The number of nitrogens with one attached hydrogen (secondary N) is 2. The van der Waals surface area contributed by atoms with Crippen LogP contribution in [0.1, 0.15) is 73.8 Å². The van der Waals surface area contributed by atoms with Gasteiger partial charge in [-0.25, -0.2) is 9.97 Å². The fourth-order valence-electron chi connectivity index (χ4n) is 4.27. The molecule has 4 N–H and O–H groups in total. The number of nitrogens with two attached hydrogens (primary N) is 1. The Balaban J connectivity index is -0.0000000551. The average Bonchev–Trinajstić information content (AvgIpc) is 3.86. The van der Waals surface area contributed by atoms with Crippen molar-refractivity contribution in [2.75, 3.05) is 55.5 Å². The molecule has 9 heteroatoms. The highest BCUT2D eigenvalue weighted by atomic mass is 16.1. The number of aryl methyl sites for hydroxylation is 2. The summed E-state index contributed by atoms with van der Waals surface area (Å²) in [6.07, 6.45) is 4.05. The van der Waals surface area contributed by atoms with Gasteiger partial charge in [0, 0.05) is 117 Å². The summed E-state index contributed by atoms with van der Waals surface area (Å²) in [5.74, 6) is 0.331. The summed E-state index contributed by atoms with van der Waals surface area (Å²) in [4.78, 5) is 25.9. The molecule has 0 spiro atoms. The number of carbonyl (C=O) groups excluding carboxylic acids is 1. The summed E-state index contributed by atoms with van der Waals surface area (Å²) in [7, 11) is 8.16. The molecule has 2 aromatic carbocycles. The molecular formula is C28H74N8O. The fraction of sp³-hybridized carbons (Fsp3) is 0.321. The molecule has 0 fully saturated rings. The molecule has 37 heavy (non-hydrogen) atoms. The molecule has 9 nitrogen and oxygen atoms in total. The predicted molar refractivity (Wildman–Crippen MR) is 194 cm³/mol. The summed E-state index contributed by atoms with van der Waals surface area (Å²) >= 11 is 0. The monoisotopic (exact) mass is 613 g/mol. The number of para-hydroxylation sites is 1. The van der Waals surface area contributed by atoms with Gasteiger partial charge in [0.05, 0.1) is 23.3 Å². The van der Waals surface area contributed by atoms with Crippen molar-refractivity contribution in [3.05, 3.63) is 54.4 Å². The minimum Gasteiger partial charge on any atom is -0.397 e. The van der Waals surface area contributed by atoms with Crippen molar-refractivity contribution >= 4 is 45.5 Å². The van der Waals surface area contributed by atoms with E-state index in [-0.39, 0.29) is 7.33 Å². The summed E-state index contributed by atoms with van der Waals surface area (Å²) in [5, 5.41) is 7.34. The third kappa shape index (κ3) is 5.67. The molecule has 0 aliphatic rings. The Morgan fingerprint density at radius 1 is 1.16 bits per heavy atom. The zero-order valence-electron chi connectivity index (χ0n) is 58.5. The first-order chi connectivity index (χ1) is 35.7. The van der Waals surface area contributed by atoms with Crippen LogP contribution in [-0.4, -0.2) is 59.6 Å². The van der Waals surface area contributed by atoms with E-state index in [4.69, 9.17) is 64.2 Å². The molecule has 0 unspecified atom stereocenters. The van der Waals surface area contributed by atoms with Crippen LogP contribution >= 0.6 is 0 Å². The van der Waals surface area contributed by atoms with Gasteiger partial charge in [0.15, 0.2) is 0 Å². The molecular weight excluding hydrogens is 464 g/mol. The van der Waals surface area contributed by atoms with E-state index in [1.54, 1.807) is 6.20 Å². The lowest BCUT2D eigenvalue weighted by molar-refractivity contribution is -0.115. The van der Waals surface area contributed by atoms with E-state index in [2.05, 4.69) is 62.3 Å². The van der Waals surface area contributed by atoms with Crippen molar-refractivity contribution in [1.82, 2.24) is 19.4 Å². The van der Waals surface area contributed by atoms with Crippen LogP contribution in [0, 0.1) is 6.92 Å². The van der Waals surface area contributed by atoms with Gasteiger partial charge in [0.1, 0.15) is 5.69 Å². The smallest absolute Gasteiger partial charge is 0.227 e. The largest absolute Gasteiger partial charge is 0.397 e. The van der Waals surface area contributed by atoms with Gasteiger partial charge in [-0.2, -0.15) is 0 Å². The third-order valence-corrected chi connectivity index (χ3v) is 6.45. The Kier molecular flexibility index (Phi) is 3.39. The number of benzene rings is 2. The van der Waals surface area contributed by atoms with Gasteiger partial charge in [-0.1, -0.05) is 25.1 Å². The molecule has 2 aromatic heterocycles. The van der Waals surface area contributed by atoms with Crippen LogP contribution in [0.5, 0.6) is 0 Å². The maximum atomic E-state index is 12.3. The van der Waals surface area contributed by atoms with Crippen LogP contribution in [-0.2, 0) is 11.8 Å². The third-order valence-electron chi connectivity index (χ3n) is 6.45. The average molecular weight is 613 g/mol. The normalized spacial score (nSPS) is 15.1. The highest BCUT2D eigenvalue weighted by molar-refractivity contribution is 6.01. The van der Waals surface area contributed by atoms with Gasteiger partial charge in [-0.3, -0.25) is 4.79 Å². The number of hydrogen-bond donors (Lipinski definition) is 3. The topological polar surface area (TPSA) is 104 Å². The zero-order chi connectivity index (χ0) is 62.7. The van der Waals surface area contributed by atoms with Crippen LogP contribution in [0.15, 0.2) is 48.8 Å². The van der Waals surface area contributed by atoms with Crippen molar-refractivity contribution in [1.29, 1.82) is 0 Å². The summed E-state index contributed by atoms with van der Waals surface area (Å²) in [6.45, 7) is 5.65. The highest BCUT2D eigenvalue weighted by Crippen LogP contribution is 2.35. The van der Waals surface area contributed by atoms with Crippen molar-refractivity contribution in [3.63, 3.8) is 0 Å². The van der Waals surface area contributed by atoms with Gasteiger partial charge in [0.25, 0.3) is 0 Å². The Labute approximate surface area is 275 Å². The number of carbonyl (C=O) groups is 1. The van der Waals surface area contributed by atoms with Crippen molar-refractivity contribution < 1.29 is 59.7 Å². The molecule has 1 amide bonds. The van der Waals surface area contributed by atoms with Gasteiger partial charge in [-0.15, -0.1) is 0 Å². The number of nitrogens with zero attached hydrogens (tertiary/aromatic N) is 5. The second-order valence-corrected chi connectivity index (χ2v) is 9.60. The number of rotatable bonds is 9. The van der Waals surface area contributed by atoms with E-state index in [0.717, 1.165) is 46.5 Å². The maximum absolute atomic E-state index is 12.3. The van der Waals surface area contributed by atoms with Crippen molar-refractivity contribution in [2.24, 2.45) is 7.05 Å². The number of hydrogen-bond acceptors (Lipinski definition) is 7. The van der Waals surface area contributed by atoms with E-state index in [1.807, 2.05) is 52.3 Å². The Morgan fingerprint density at radius 2 is 1.92 bits per heavy atom. The molecule has 0 saturated heterocycles. The number of amides is 1. The van der Waals surface area contributed by atoms with E-state index >= 15 is 0 Å². The Hall–Kier alpha value is -4.11. The summed E-state index contributed by atoms with van der Waals surface area (Å²) < 4.78 is 182. The molecule has 0 aliphatic carbocycles. The first kappa shape index (κ1) is 11.5. The highest BCUT2D eigenvalue weighted by Gasteiger charge is 2.18. The minimum absolute atomic E-state index is 0. The Morgan fingerprint density at radius 3 is 2.65 bits per heavy atom. The second kappa shape index (κ2) is 10.9. The van der Waals surface area contributed by atoms with Crippen molar-refractivity contribution in [2.45, 2.75) is 20.3 Å². The van der Waals surface area contributed by atoms with E-state index in [1.165, 1.54) is 0 Å². The van der Waals surface area contributed by atoms with E-state index in [0.29, 0.717) is 29.4 Å². The van der Waals surface area contributed by atoms with Crippen LogP contribution < -0.4 is 21.3 Å². The van der Waals surface area contributed by atoms with Gasteiger partial charge in [0.2, 0.25) is 11.9 Å². The molecule has 4 aromatic rings. The molecule has 2 heterocycles. The Bertz CT molecular complexity index is 1500.